The van der Waals surface area contributed by atoms with Gasteiger partial charge in [0.2, 0.25) is 0 Å². The van der Waals surface area contributed by atoms with Crippen LogP contribution in [0.25, 0.3) is 0 Å². The summed E-state index contributed by atoms with van der Waals surface area (Å²) in [7, 11) is 1.58. The normalized spacial score (nSPS) is 10.2. The van der Waals surface area contributed by atoms with Crippen LogP contribution in [0.4, 0.5) is 11.5 Å². The van der Waals surface area contributed by atoms with Crippen molar-refractivity contribution in [3.63, 3.8) is 0 Å². The van der Waals surface area contributed by atoms with Crippen molar-refractivity contribution in [2.24, 2.45) is 0 Å². The van der Waals surface area contributed by atoms with Crippen molar-refractivity contribution in [2.45, 2.75) is 6.54 Å². The van der Waals surface area contributed by atoms with E-state index in [0.717, 1.165) is 16.3 Å². The standard InChI is InChI=1S/C20H18ClN3O2/c1-26-17-9-6-14(7-10-17)20(25)24-19-11-8-16(13-23-19)22-12-15-4-2-3-5-18(15)21/h2-11,13,22H,12H2,1H3,(H,23,24,25). The van der Waals surface area contributed by atoms with E-state index in [2.05, 4.69) is 15.6 Å². The molecule has 1 amide bonds. The number of anilines is 2. The molecule has 0 saturated heterocycles. The largest absolute Gasteiger partial charge is 0.497 e. The van der Waals surface area contributed by atoms with Gasteiger partial charge in [-0.25, -0.2) is 4.98 Å². The van der Waals surface area contributed by atoms with Gasteiger partial charge in [-0.05, 0) is 48.0 Å². The number of rotatable bonds is 6. The van der Waals surface area contributed by atoms with Crippen LogP contribution in [0.5, 0.6) is 5.75 Å². The molecule has 0 atom stereocenters. The summed E-state index contributed by atoms with van der Waals surface area (Å²) in [5.41, 5.74) is 2.38. The van der Waals surface area contributed by atoms with Gasteiger partial charge in [-0.15, -0.1) is 0 Å². The highest BCUT2D eigenvalue weighted by Crippen LogP contribution is 2.18. The number of aromatic nitrogens is 1. The first-order valence-electron chi connectivity index (χ1n) is 8.04. The average molecular weight is 368 g/mol. The lowest BCUT2D eigenvalue weighted by molar-refractivity contribution is 0.102. The van der Waals surface area contributed by atoms with Crippen LogP contribution in [0.1, 0.15) is 15.9 Å². The molecule has 6 heteroatoms. The maximum Gasteiger partial charge on any atom is 0.256 e. The third kappa shape index (κ3) is 4.52. The number of amides is 1. The molecule has 3 aromatic rings. The maximum absolute atomic E-state index is 12.2. The number of carbonyl (C=O) groups excluding carboxylic acids is 1. The lowest BCUT2D eigenvalue weighted by Gasteiger charge is -2.09. The molecule has 5 nitrogen and oxygen atoms in total. The molecular weight excluding hydrogens is 350 g/mol. The Morgan fingerprint density at radius 1 is 1.08 bits per heavy atom. The topological polar surface area (TPSA) is 63.2 Å². The Morgan fingerprint density at radius 2 is 1.85 bits per heavy atom. The van der Waals surface area contributed by atoms with Crippen LogP contribution in [-0.2, 0) is 6.54 Å². The van der Waals surface area contributed by atoms with Crippen molar-refractivity contribution in [1.82, 2.24) is 4.98 Å². The molecule has 0 aliphatic carbocycles. The van der Waals surface area contributed by atoms with E-state index in [-0.39, 0.29) is 5.91 Å². The van der Waals surface area contributed by atoms with Crippen molar-refractivity contribution in [3.05, 3.63) is 83.0 Å². The molecule has 0 aliphatic heterocycles. The number of ether oxygens (including phenoxy) is 1. The molecule has 0 spiro atoms. The highest BCUT2D eigenvalue weighted by Gasteiger charge is 2.07. The molecule has 132 valence electrons. The number of carbonyl (C=O) groups is 1. The molecule has 1 aromatic heterocycles. The Labute approximate surface area is 157 Å². The molecule has 0 radical (unpaired) electrons. The summed E-state index contributed by atoms with van der Waals surface area (Å²) in [6.07, 6.45) is 1.67. The van der Waals surface area contributed by atoms with Crippen LogP contribution in [0.3, 0.4) is 0 Å². The molecule has 3 rings (SSSR count). The van der Waals surface area contributed by atoms with E-state index in [9.17, 15) is 4.79 Å². The molecule has 0 fully saturated rings. The number of hydrogen-bond donors (Lipinski definition) is 2. The summed E-state index contributed by atoms with van der Waals surface area (Å²) in [6.45, 7) is 0.596. The van der Waals surface area contributed by atoms with Gasteiger partial charge in [0.05, 0.1) is 19.0 Å². The van der Waals surface area contributed by atoms with E-state index in [4.69, 9.17) is 16.3 Å². The fourth-order valence-corrected chi connectivity index (χ4v) is 2.54. The molecule has 1 heterocycles. The number of hydrogen-bond acceptors (Lipinski definition) is 4. The second-order valence-corrected chi connectivity index (χ2v) is 5.97. The Balaban J connectivity index is 1.58. The van der Waals surface area contributed by atoms with Gasteiger partial charge < -0.3 is 15.4 Å². The fourth-order valence-electron chi connectivity index (χ4n) is 2.34. The van der Waals surface area contributed by atoms with E-state index in [1.165, 1.54) is 0 Å². The van der Waals surface area contributed by atoms with Crippen LogP contribution in [0, 0.1) is 0 Å². The smallest absolute Gasteiger partial charge is 0.256 e. The number of pyridine rings is 1. The Kier molecular flexibility index (Phi) is 5.71. The van der Waals surface area contributed by atoms with Crippen LogP contribution in [-0.4, -0.2) is 18.0 Å². The summed E-state index contributed by atoms with van der Waals surface area (Å²) in [5.74, 6) is 0.958. The van der Waals surface area contributed by atoms with Gasteiger partial charge in [0.1, 0.15) is 11.6 Å². The zero-order chi connectivity index (χ0) is 18.4. The molecular formula is C20H18ClN3O2. The van der Waals surface area contributed by atoms with E-state index >= 15 is 0 Å². The number of benzene rings is 2. The quantitative estimate of drug-likeness (QED) is 0.668. The van der Waals surface area contributed by atoms with Crippen molar-refractivity contribution in [2.75, 3.05) is 17.7 Å². The monoisotopic (exact) mass is 367 g/mol. The summed E-state index contributed by atoms with van der Waals surface area (Å²) in [4.78, 5) is 16.5. The van der Waals surface area contributed by atoms with Gasteiger partial charge >= 0.3 is 0 Å². The molecule has 0 aliphatic rings. The van der Waals surface area contributed by atoms with Crippen molar-refractivity contribution >= 4 is 29.0 Å². The highest BCUT2D eigenvalue weighted by molar-refractivity contribution is 6.31. The molecule has 2 N–H and O–H groups in total. The Hall–Kier alpha value is -3.05. The van der Waals surface area contributed by atoms with Crippen molar-refractivity contribution in [3.8, 4) is 5.75 Å². The molecule has 2 aromatic carbocycles. The van der Waals surface area contributed by atoms with Crippen LogP contribution in [0.15, 0.2) is 66.9 Å². The minimum Gasteiger partial charge on any atom is -0.497 e. The molecule has 0 saturated carbocycles. The lowest BCUT2D eigenvalue weighted by Crippen LogP contribution is -2.12. The van der Waals surface area contributed by atoms with E-state index in [1.807, 2.05) is 30.3 Å². The predicted octanol–water partition coefficient (Wildman–Crippen LogP) is 4.61. The lowest BCUT2D eigenvalue weighted by atomic mass is 10.2. The molecule has 0 bridgehead atoms. The first-order chi connectivity index (χ1) is 12.7. The molecule has 26 heavy (non-hydrogen) atoms. The SMILES string of the molecule is COc1ccc(C(=O)Nc2ccc(NCc3ccccc3Cl)cn2)cc1. The van der Waals surface area contributed by atoms with Crippen LogP contribution >= 0.6 is 11.6 Å². The second kappa shape index (κ2) is 8.36. The van der Waals surface area contributed by atoms with Crippen molar-refractivity contribution in [1.29, 1.82) is 0 Å². The third-order valence-electron chi connectivity index (χ3n) is 3.80. The van der Waals surface area contributed by atoms with E-state index in [1.54, 1.807) is 43.6 Å². The zero-order valence-electron chi connectivity index (χ0n) is 14.2. The Bertz CT molecular complexity index is 880. The average Bonchev–Trinajstić information content (AvgIpc) is 2.68. The van der Waals surface area contributed by atoms with Crippen LogP contribution in [0.2, 0.25) is 5.02 Å². The summed E-state index contributed by atoms with van der Waals surface area (Å²) in [6, 6.07) is 18.1. The van der Waals surface area contributed by atoms with Crippen molar-refractivity contribution < 1.29 is 9.53 Å². The van der Waals surface area contributed by atoms with Gasteiger partial charge in [0.25, 0.3) is 5.91 Å². The predicted molar refractivity (Wildman–Crippen MR) is 104 cm³/mol. The fraction of sp³-hybridized carbons (Fsp3) is 0.100. The number of methoxy groups -OCH3 is 1. The Morgan fingerprint density at radius 3 is 2.50 bits per heavy atom. The molecule has 0 unspecified atom stereocenters. The van der Waals surface area contributed by atoms with Gasteiger partial charge in [0.15, 0.2) is 0 Å². The van der Waals surface area contributed by atoms with Gasteiger partial charge in [-0.1, -0.05) is 29.8 Å². The second-order valence-electron chi connectivity index (χ2n) is 5.56. The minimum absolute atomic E-state index is 0.225. The zero-order valence-corrected chi connectivity index (χ0v) is 15.0. The van der Waals surface area contributed by atoms with Gasteiger partial charge in [0, 0.05) is 17.1 Å². The van der Waals surface area contributed by atoms with E-state index in [0.29, 0.717) is 23.7 Å². The highest BCUT2D eigenvalue weighted by atomic mass is 35.5. The first kappa shape index (κ1) is 17.8. The minimum atomic E-state index is -0.225. The first-order valence-corrected chi connectivity index (χ1v) is 8.42. The number of nitrogens with one attached hydrogen (secondary N) is 2. The van der Waals surface area contributed by atoms with Gasteiger partial charge in [-0.3, -0.25) is 4.79 Å². The number of nitrogens with zero attached hydrogens (tertiary/aromatic N) is 1. The summed E-state index contributed by atoms with van der Waals surface area (Å²) < 4.78 is 5.08. The number of halogens is 1. The van der Waals surface area contributed by atoms with Gasteiger partial charge in [-0.2, -0.15) is 0 Å². The third-order valence-corrected chi connectivity index (χ3v) is 4.17. The summed E-state index contributed by atoms with van der Waals surface area (Å²) in [5, 5.41) is 6.74. The van der Waals surface area contributed by atoms with Crippen LogP contribution < -0.4 is 15.4 Å². The van der Waals surface area contributed by atoms with E-state index < -0.39 is 0 Å². The maximum atomic E-state index is 12.2. The summed E-state index contributed by atoms with van der Waals surface area (Å²) >= 11 is 6.14.